The van der Waals surface area contributed by atoms with Crippen LogP contribution in [0.3, 0.4) is 0 Å². The number of carbonyl (C=O) groups excluding carboxylic acids is 2. The molecule has 0 bridgehead atoms. The summed E-state index contributed by atoms with van der Waals surface area (Å²) >= 11 is 0. The molecule has 0 radical (unpaired) electrons. The van der Waals surface area contributed by atoms with Gasteiger partial charge in [0.25, 0.3) is 0 Å². The molecule has 0 unspecified atom stereocenters. The monoisotopic (exact) mass is 305 g/mol. The van der Waals surface area contributed by atoms with Crippen molar-refractivity contribution >= 4 is 11.9 Å². The van der Waals surface area contributed by atoms with Crippen LogP contribution in [0.25, 0.3) is 0 Å². The molecule has 0 atom stereocenters. The second-order valence-electron chi connectivity index (χ2n) is 5.67. The van der Waals surface area contributed by atoms with Gasteiger partial charge in [0.15, 0.2) is 0 Å². The van der Waals surface area contributed by atoms with E-state index in [1.54, 1.807) is 12.1 Å². The van der Waals surface area contributed by atoms with Crippen LogP contribution in [-0.2, 0) is 9.53 Å². The zero-order valence-corrected chi connectivity index (χ0v) is 13.2. The van der Waals surface area contributed by atoms with Crippen molar-refractivity contribution in [2.24, 2.45) is 0 Å². The maximum absolute atomic E-state index is 11.9. The Morgan fingerprint density at radius 1 is 1.32 bits per heavy atom. The van der Waals surface area contributed by atoms with Crippen molar-refractivity contribution in [3.63, 3.8) is 0 Å². The molecule has 1 N–H and O–H groups in total. The van der Waals surface area contributed by atoms with Gasteiger partial charge in [-0.25, -0.2) is 4.79 Å². The highest BCUT2D eigenvalue weighted by molar-refractivity contribution is 5.92. The zero-order chi connectivity index (χ0) is 16.1. The molecule has 5 nitrogen and oxygen atoms in total. The van der Waals surface area contributed by atoms with E-state index in [1.165, 1.54) is 7.11 Å². The summed E-state index contributed by atoms with van der Waals surface area (Å²) in [6, 6.07) is 5.10. The molecule has 0 aromatic heterocycles. The molecule has 1 aliphatic rings. The quantitative estimate of drug-likeness (QED) is 0.869. The first-order chi connectivity index (χ1) is 10.6. The Kier molecular flexibility index (Phi) is 5.41. The first-order valence-electron chi connectivity index (χ1n) is 7.75. The standard InChI is InChI=1S/C17H23NO4/c1-3-4-16(20)18-9-7-12(8-10-18)13-5-6-14(15(19)11-13)17(21)22-2/h5-6,11-12,19H,3-4,7-10H2,1-2H3. The molecule has 2 rings (SSSR count). The molecule has 22 heavy (non-hydrogen) atoms. The van der Waals surface area contributed by atoms with Gasteiger partial charge in [-0.15, -0.1) is 0 Å². The molecule has 0 spiro atoms. The fourth-order valence-electron chi connectivity index (χ4n) is 2.92. The lowest BCUT2D eigenvalue weighted by molar-refractivity contribution is -0.132. The van der Waals surface area contributed by atoms with E-state index < -0.39 is 5.97 Å². The van der Waals surface area contributed by atoms with Gasteiger partial charge >= 0.3 is 5.97 Å². The molecule has 1 aromatic carbocycles. The van der Waals surface area contributed by atoms with Crippen LogP contribution in [0.5, 0.6) is 5.75 Å². The van der Waals surface area contributed by atoms with E-state index in [2.05, 4.69) is 4.74 Å². The molecule has 1 aromatic rings. The van der Waals surface area contributed by atoms with Crippen molar-refractivity contribution in [1.29, 1.82) is 0 Å². The zero-order valence-electron chi connectivity index (χ0n) is 13.2. The Hall–Kier alpha value is -2.04. The average molecular weight is 305 g/mol. The maximum atomic E-state index is 11.9. The lowest BCUT2D eigenvalue weighted by Crippen LogP contribution is -2.37. The molecule has 5 heteroatoms. The Morgan fingerprint density at radius 2 is 2.00 bits per heavy atom. The summed E-state index contributed by atoms with van der Waals surface area (Å²) in [6.07, 6.45) is 3.25. The number of hydrogen-bond donors (Lipinski definition) is 1. The highest BCUT2D eigenvalue weighted by Crippen LogP contribution is 2.31. The number of piperidine rings is 1. The first kappa shape index (κ1) is 16.3. The first-order valence-corrected chi connectivity index (χ1v) is 7.75. The summed E-state index contributed by atoms with van der Waals surface area (Å²) < 4.78 is 4.62. The second-order valence-corrected chi connectivity index (χ2v) is 5.67. The number of hydrogen-bond acceptors (Lipinski definition) is 4. The third kappa shape index (κ3) is 3.59. The lowest BCUT2D eigenvalue weighted by atomic mass is 9.88. The molecule has 1 heterocycles. The number of likely N-dealkylation sites (tertiary alicyclic amines) is 1. The van der Waals surface area contributed by atoms with Gasteiger partial charge in [-0.3, -0.25) is 4.79 Å². The Morgan fingerprint density at radius 3 is 2.55 bits per heavy atom. The largest absolute Gasteiger partial charge is 0.507 e. The highest BCUT2D eigenvalue weighted by Gasteiger charge is 2.24. The number of benzene rings is 1. The van der Waals surface area contributed by atoms with Gasteiger partial charge in [-0.2, -0.15) is 0 Å². The van der Waals surface area contributed by atoms with Gasteiger partial charge < -0.3 is 14.7 Å². The predicted octanol–water partition coefficient (Wildman–Crippen LogP) is 2.68. The van der Waals surface area contributed by atoms with Crippen molar-refractivity contribution in [3.05, 3.63) is 29.3 Å². The van der Waals surface area contributed by atoms with Crippen molar-refractivity contribution in [3.8, 4) is 5.75 Å². The van der Waals surface area contributed by atoms with Crippen LogP contribution in [0.1, 0.15) is 54.4 Å². The Balaban J connectivity index is 2.01. The summed E-state index contributed by atoms with van der Waals surface area (Å²) in [4.78, 5) is 25.3. The third-order valence-corrected chi connectivity index (χ3v) is 4.21. The van der Waals surface area contributed by atoms with Crippen LogP contribution >= 0.6 is 0 Å². The van der Waals surface area contributed by atoms with Gasteiger partial charge in [0, 0.05) is 19.5 Å². The Bertz CT molecular complexity index is 548. The van der Waals surface area contributed by atoms with Gasteiger partial charge in [0.1, 0.15) is 11.3 Å². The molecule has 120 valence electrons. The van der Waals surface area contributed by atoms with Gasteiger partial charge in [0.05, 0.1) is 7.11 Å². The second kappa shape index (κ2) is 7.29. The maximum Gasteiger partial charge on any atom is 0.341 e. The summed E-state index contributed by atoms with van der Waals surface area (Å²) in [5.74, 6) is -0.0500. The molecule has 1 amide bonds. The number of carbonyl (C=O) groups is 2. The summed E-state index contributed by atoms with van der Waals surface area (Å²) in [5, 5.41) is 9.97. The van der Waals surface area contributed by atoms with Crippen LogP contribution in [0.2, 0.25) is 0 Å². The van der Waals surface area contributed by atoms with Crippen molar-refractivity contribution < 1.29 is 19.4 Å². The number of ether oxygens (including phenoxy) is 1. The minimum Gasteiger partial charge on any atom is -0.507 e. The smallest absolute Gasteiger partial charge is 0.341 e. The van der Waals surface area contributed by atoms with E-state index in [9.17, 15) is 14.7 Å². The normalized spacial score (nSPS) is 15.6. The van der Waals surface area contributed by atoms with Crippen LogP contribution in [0.4, 0.5) is 0 Å². The molecule has 0 aliphatic carbocycles. The van der Waals surface area contributed by atoms with Crippen LogP contribution in [0, 0.1) is 0 Å². The van der Waals surface area contributed by atoms with Crippen molar-refractivity contribution in [2.45, 2.75) is 38.5 Å². The number of aromatic hydroxyl groups is 1. The van der Waals surface area contributed by atoms with E-state index >= 15 is 0 Å². The summed E-state index contributed by atoms with van der Waals surface area (Å²) in [5.41, 5.74) is 1.19. The number of rotatable bonds is 4. The minimum absolute atomic E-state index is 0.0474. The number of methoxy groups -OCH3 is 1. The van der Waals surface area contributed by atoms with Gasteiger partial charge in [-0.05, 0) is 42.9 Å². The fourth-order valence-corrected chi connectivity index (χ4v) is 2.92. The topological polar surface area (TPSA) is 66.8 Å². The predicted molar refractivity (Wildman–Crippen MR) is 82.9 cm³/mol. The molecule has 0 saturated carbocycles. The third-order valence-electron chi connectivity index (χ3n) is 4.21. The van der Waals surface area contributed by atoms with Crippen LogP contribution in [-0.4, -0.2) is 42.1 Å². The molecular weight excluding hydrogens is 282 g/mol. The lowest BCUT2D eigenvalue weighted by Gasteiger charge is -2.32. The van der Waals surface area contributed by atoms with Crippen LogP contribution < -0.4 is 0 Å². The molecule has 1 fully saturated rings. The van der Waals surface area contributed by atoms with Gasteiger partial charge in [-0.1, -0.05) is 13.0 Å². The van der Waals surface area contributed by atoms with E-state index in [-0.39, 0.29) is 17.2 Å². The van der Waals surface area contributed by atoms with Crippen molar-refractivity contribution in [2.75, 3.05) is 20.2 Å². The van der Waals surface area contributed by atoms with Crippen molar-refractivity contribution in [1.82, 2.24) is 4.90 Å². The van der Waals surface area contributed by atoms with Gasteiger partial charge in [0.2, 0.25) is 5.91 Å². The number of phenols is 1. The fraction of sp³-hybridized carbons (Fsp3) is 0.529. The van der Waals surface area contributed by atoms with E-state index in [4.69, 9.17) is 0 Å². The van der Waals surface area contributed by atoms with E-state index in [1.807, 2.05) is 17.9 Å². The Labute approximate surface area is 130 Å². The van der Waals surface area contributed by atoms with E-state index in [0.29, 0.717) is 12.3 Å². The highest BCUT2D eigenvalue weighted by atomic mass is 16.5. The SMILES string of the molecule is CCCC(=O)N1CCC(c2ccc(C(=O)OC)c(O)c2)CC1. The number of amides is 1. The number of phenolic OH excluding ortho intramolecular Hbond substituents is 1. The molecular formula is C17H23NO4. The van der Waals surface area contributed by atoms with E-state index in [0.717, 1.165) is 37.9 Å². The minimum atomic E-state index is -0.538. The molecule has 1 aliphatic heterocycles. The van der Waals surface area contributed by atoms with Crippen LogP contribution in [0.15, 0.2) is 18.2 Å². The average Bonchev–Trinajstić information content (AvgIpc) is 2.54. The summed E-state index contributed by atoms with van der Waals surface area (Å²) in [6.45, 7) is 3.52. The number of esters is 1. The summed E-state index contributed by atoms with van der Waals surface area (Å²) in [7, 11) is 1.29. The number of nitrogens with zero attached hydrogens (tertiary/aromatic N) is 1. The molecule has 1 saturated heterocycles.